The highest BCUT2D eigenvalue weighted by atomic mass is 19.1. The molecular formula is C24H29FN4O2. The van der Waals surface area contributed by atoms with Crippen molar-refractivity contribution in [2.45, 2.75) is 57.5 Å². The minimum absolute atomic E-state index is 0.0290. The zero-order chi connectivity index (χ0) is 21.4. The first-order valence-electron chi connectivity index (χ1n) is 11.3. The Morgan fingerprint density at radius 2 is 1.90 bits per heavy atom. The number of aryl methyl sites for hydroxylation is 1. The van der Waals surface area contributed by atoms with Gasteiger partial charge in [0.05, 0.1) is 13.0 Å². The average molecular weight is 425 g/mol. The third kappa shape index (κ3) is 4.21. The van der Waals surface area contributed by atoms with Crippen molar-refractivity contribution in [1.29, 1.82) is 0 Å². The maximum atomic E-state index is 13.3. The SMILES string of the molecule is Cc1nc(C2CCCN(C3CCOCC3)C2)nc2c1CC(=O)N2Cc1ccc(F)cc1. The molecule has 0 saturated carbocycles. The summed E-state index contributed by atoms with van der Waals surface area (Å²) in [6.45, 7) is 6.18. The molecule has 1 aromatic carbocycles. The lowest BCUT2D eigenvalue weighted by atomic mass is 9.94. The highest BCUT2D eigenvalue weighted by Crippen LogP contribution is 2.34. The van der Waals surface area contributed by atoms with Gasteiger partial charge in [0.2, 0.25) is 5.91 Å². The molecule has 2 fully saturated rings. The van der Waals surface area contributed by atoms with Crippen LogP contribution in [0.15, 0.2) is 24.3 Å². The first-order chi connectivity index (χ1) is 15.1. The van der Waals surface area contributed by atoms with Gasteiger partial charge in [0.15, 0.2) is 0 Å². The van der Waals surface area contributed by atoms with Gasteiger partial charge < -0.3 is 4.74 Å². The normalized spacial score (nSPS) is 22.7. The van der Waals surface area contributed by atoms with Crippen LogP contribution in [0.4, 0.5) is 10.2 Å². The molecule has 7 heteroatoms. The van der Waals surface area contributed by atoms with Gasteiger partial charge in [0.1, 0.15) is 17.5 Å². The van der Waals surface area contributed by atoms with Crippen molar-refractivity contribution in [3.8, 4) is 0 Å². The Morgan fingerprint density at radius 3 is 2.68 bits per heavy atom. The van der Waals surface area contributed by atoms with Crippen molar-refractivity contribution in [3.05, 3.63) is 52.7 Å². The Kier molecular flexibility index (Phi) is 5.71. The molecule has 3 aliphatic heterocycles. The molecule has 0 bridgehead atoms. The number of ether oxygens (including phenoxy) is 1. The molecule has 31 heavy (non-hydrogen) atoms. The van der Waals surface area contributed by atoms with E-state index in [1.807, 2.05) is 6.92 Å². The van der Waals surface area contributed by atoms with E-state index in [-0.39, 0.29) is 17.6 Å². The number of nitrogens with zero attached hydrogens (tertiary/aromatic N) is 4. The van der Waals surface area contributed by atoms with Crippen LogP contribution in [0.2, 0.25) is 0 Å². The average Bonchev–Trinajstić information content (AvgIpc) is 3.12. The molecule has 164 valence electrons. The molecule has 1 aromatic heterocycles. The summed E-state index contributed by atoms with van der Waals surface area (Å²) in [5.74, 6) is 1.63. The minimum Gasteiger partial charge on any atom is -0.381 e. The van der Waals surface area contributed by atoms with E-state index in [4.69, 9.17) is 14.7 Å². The van der Waals surface area contributed by atoms with Gasteiger partial charge in [-0.05, 0) is 56.8 Å². The Balaban J connectivity index is 1.39. The first-order valence-corrected chi connectivity index (χ1v) is 11.3. The fourth-order valence-corrected chi connectivity index (χ4v) is 5.11. The van der Waals surface area contributed by atoms with Crippen molar-refractivity contribution in [1.82, 2.24) is 14.9 Å². The maximum Gasteiger partial charge on any atom is 0.233 e. The lowest BCUT2D eigenvalue weighted by Gasteiger charge is -2.39. The molecule has 5 rings (SSSR count). The van der Waals surface area contributed by atoms with Crippen LogP contribution < -0.4 is 4.90 Å². The smallest absolute Gasteiger partial charge is 0.233 e. The Bertz CT molecular complexity index is 959. The van der Waals surface area contributed by atoms with Gasteiger partial charge in [-0.15, -0.1) is 0 Å². The summed E-state index contributed by atoms with van der Waals surface area (Å²) in [5.41, 5.74) is 2.72. The number of carbonyl (C=O) groups excluding carboxylic acids is 1. The van der Waals surface area contributed by atoms with Crippen molar-refractivity contribution in [2.75, 3.05) is 31.2 Å². The van der Waals surface area contributed by atoms with Crippen LogP contribution in [0.25, 0.3) is 0 Å². The monoisotopic (exact) mass is 424 g/mol. The topological polar surface area (TPSA) is 58.6 Å². The van der Waals surface area contributed by atoms with Gasteiger partial charge in [-0.1, -0.05) is 12.1 Å². The number of amides is 1. The van der Waals surface area contributed by atoms with Crippen LogP contribution in [-0.4, -0.2) is 53.1 Å². The second kappa shape index (κ2) is 8.63. The largest absolute Gasteiger partial charge is 0.381 e. The van der Waals surface area contributed by atoms with Crippen molar-refractivity contribution < 1.29 is 13.9 Å². The zero-order valence-corrected chi connectivity index (χ0v) is 18.0. The van der Waals surface area contributed by atoms with Gasteiger partial charge in [0.25, 0.3) is 0 Å². The van der Waals surface area contributed by atoms with Crippen LogP contribution in [0.5, 0.6) is 0 Å². The molecule has 1 amide bonds. The number of anilines is 1. The number of likely N-dealkylation sites (tertiary alicyclic amines) is 1. The van der Waals surface area contributed by atoms with E-state index in [2.05, 4.69) is 4.90 Å². The minimum atomic E-state index is -0.274. The molecule has 0 radical (unpaired) electrons. The third-order valence-electron chi connectivity index (χ3n) is 6.87. The predicted molar refractivity (Wildman–Crippen MR) is 115 cm³/mol. The summed E-state index contributed by atoms with van der Waals surface area (Å²) in [6.07, 6.45) is 4.73. The predicted octanol–water partition coefficient (Wildman–Crippen LogP) is 3.37. The number of halogens is 1. The number of aromatic nitrogens is 2. The lowest BCUT2D eigenvalue weighted by Crippen LogP contribution is -2.44. The number of carbonyl (C=O) groups is 1. The highest BCUT2D eigenvalue weighted by molar-refractivity contribution is 6.00. The second-order valence-electron chi connectivity index (χ2n) is 8.93. The van der Waals surface area contributed by atoms with Crippen molar-refractivity contribution in [2.24, 2.45) is 0 Å². The molecule has 3 aliphatic rings. The van der Waals surface area contributed by atoms with Gasteiger partial charge in [-0.2, -0.15) is 0 Å². The molecule has 0 N–H and O–H groups in total. The number of rotatable bonds is 4. The third-order valence-corrected chi connectivity index (χ3v) is 6.87. The number of benzene rings is 1. The Hall–Kier alpha value is -2.38. The van der Waals surface area contributed by atoms with E-state index in [0.717, 1.165) is 80.4 Å². The van der Waals surface area contributed by atoms with E-state index in [9.17, 15) is 9.18 Å². The van der Waals surface area contributed by atoms with E-state index in [1.165, 1.54) is 12.1 Å². The quantitative estimate of drug-likeness (QED) is 0.753. The summed E-state index contributed by atoms with van der Waals surface area (Å²) in [6, 6.07) is 6.90. The van der Waals surface area contributed by atoms with Crippen LogP contribution in [0.1, 0.15) is 54.2 Å². The Labute approximate surface area is 182 Å². The molecule has 1 atom stereocenters. The van der Waals surface area contributed by atoms with Gasteiger partial charge in [-0.3, -0.25) is 14.6 Å². The molecule has 0 spiro atoms. The zero-order valence-electron chi connectivity index (χ0n) is 18.0. The second-order valence-corrected chi connectivity index (χ2v) is 8.93. The molecule has 2 aromatic rings. The summed E-state index contributed by atoms with van der Waals surface area (Å²) >= 11 is 0. The van der Waals surface area contributed by atoms with Gasteiger partial charge in [-0.25, -0.2) is 14.4 Å². The molecule has 2 saturated heterocycles. The summed E-state index contributed by atoms with van der Waals surface area (Å²) in [4.78, 5) is 26.9. The maximum absolute atomic E-state index is 13.3. The van der Waals surface area contributed by atoms with Crippen LogP contribution in [-0.2, 0) is 22.5 Å². The van der Waals surface area contributed by atoms with Crippen LogP contribution in [0.3, 0.4) is 0 Å². The molecule has 6 nitrogen and oxygen atoms in total. The summed E-state index contributed by atoms with van der Waals surface area (Å²) in [7, 11) is 0. The summed E-state index contributed by atoms with van der Waals surface area (Å²) in [5, 5.41) is 0. The fraction of sp³-hybridized carbons (Fsp3) is 0.542. The van der Waals surface area contributed by atoms with Gasteiger partial charge in [0, 0.05) is 43.0 Å². The number of fused-ring (bicyclic) bond motifs is 1. The molecule has 4 heterocycles. The summed E-state index contributed by atoms with van der Waals surface area (Å²) < 4.78 is 18.8. The van der Waals surface area contributed by atoms with Crippen molar-refractivity contribution >= 4 is 11.7 Å². The standard InChI is InChI=1S/C24H29FN4O2/c1-16-21-13-22(30)29(14-17-4-6-19(25)7-5-17)24(21)27-23(26-16)18-3-2-10-28(15-18)20-8-11-31-12-9-20/h4-7,18,20H,2-3,8-15H2,1H3. The molecule has 1 unspecified atom stereocenters. The van der Waals surface area contributed by atoms with Crippen LogP contribution >= 0.6 is 0 Å². The first kappa shape index (κ1) is 20.5. The van der Waals surface area contributed by atoms with Crippen molar-refractivity contribution in [3.63, 3.8) is 0 Å². The fourth-order valence-electron chi connectivity index (χ4n) is 5.11. The van der Waals surface area contributed by atoms with E-state index in [0.29, 0.717) is 19.0 Å². The highest BCUT2D eigenvalue weighted by Gasteiger charge is 2.34. The van der Waals surface area contributed by atoms with E-state index >= 15 is 0 Å². The molecular weight excluding hydrogens is 395 g/mol. The lowest BCUT2D eigenvalue weighted by molar-refractivity contribution is -0.117. The Morgan fingerprint density at radius 1 is 1.13 bits per heavy atom. The number of hydrogen-bond donors (Lipinski definition) is 0. The van der Waals surface area contributed by atoms with E-state index < -0.39 is 0 Å². The van der Waals surface area contributed by atoms with Crippen LogP contribution in [0, 0.1) is 12.7 Å². The number of hydrogen-bond acceptors (Lipinski definition) is 5. The molecule has 0 aliphatic carbocycles. The number of piperidine rings is 1. The van der Waals surface area contributed by atoms with E-state index in [1.54, 1.807) is 17.0 Å². The van der Waals surface area contributed by atoms with Gasteiger partial charge >= 0.3 is 0 Å².